The molecule has 5 heterocycles. The molecule has 12 heteroatoms. The molecule has 1 N–H and O–H groups in total. The first-order valence-corrected chi connectivity index (χ1v) is 17.3. The smallest absolute Gasteiger partial charge is 0.164 e. The second-order valence-corrected chi connectivity index (χ2v) is 12.5. The number of nitrogens with zero attached hydrogens (tertiary/aromatic N) is 7. The SMILES string of the molecule is ClCc1cc2c3nc4nc(nc5c6ccccc6c(nc6nc(nc([nH]3)c2c(CCl)c1CCl)-c1ccccc1-6)n5CCl)-c1ccccc1-4. The molecule has 8 nitrogen and oxygen atoms in total. The number of nitrogens with one attached hydrogen (secondary N) is 1. The van der Waals surface area contributed by atoms with Crippen molar-refractivity contribution in [2.75, 3.05) is 0 Å². The van der Waals surface area contributed by atoms with Crippen molar-refractivity contribution in [3.8, 4) is 45.6 Å². The number of benzene rings is 4. The fourth-order valence-corrected chi connectivity index (χ4v) is 7.80. The minimum atomic E-state index is 0.111. The summed E-state index contributed by atoms with van der Waals surface area (Å²) in [7, 11) is 0. The van der Waals surface area contributed by atoms with Crippen molar-refractivity contribution >= 4 is 90.5 Å². The van der Waals surface area contributed by atoms with Gasteiger partial charge in [0, 0.05) is 61.4 Å². The lowest BCUT2D eigenvalue weighted by Gasteiger charge is -2.11. The number of halogens is 4. The summed E-state index contributed by atoms with van der Waals surface area (Å²) in [6, 6.07) is 25.9. The lowest BCUT2D eigenvalue weighted by atomic mass is 9.98. The largest absolute Gasteiger partial charge is 0.324 e. The Hall–Kier alpha value is -4.60. The van der Waals surface area contributed by atoms with E-state index in [1.165, 1.54) is 0 Å². The van der Waals surface area contributed by atoms with Crippen molar-refractivity contribution in [2.45, 2.75) is 23.6 Å². The Kier molecular flexibility index (Phi) is 7.09. The van der Waals surface area contributed by atoms with Crippen molar-refractivity contribution in [3.63, 3.8) is 0 Å². The fraction of sp³-hybridized carbons (Fsp3) is 0.111. The molecule has 3 aromatic heterocycles. The second kappa shape index (κ2) is 11.5. The Balaban J connectivity index is 1.54. The lowest BCUT2D eigenvalue weighted by molar-refractivity contribution is 0.934. The molecule has 0 saturated heterocycles. The minimum Gasteiger partial charge on any atom is -0.324 e. The van der Waals surface area contributed by atoms with E-state index in [4.69, 9.17) is 76.3 Å². The first-order valence-electron chi connectivity index (χ1n) is 15.1. The van der Waals surface area contributed by atoms with Crippen LogP contribution >= 0.6 is 46.4 Å². The highest BCUT2D eigenvalue weighted by atomic mass is 35.5. The zero-order chi connectivity index (χ0) is 32.5. The van der Waals surface area contributed by atoms with E-state index in [0.29, 0.717) is 45.9 Å². The summed E-state index contributed by atoms with van der Waals surface area (Å²) >= 11 is 26.3. The highest BCUT2D eigenvalue weighted by molar-refractivity contribution is 6.22. The molecule has 9 rings (SSSR count). The topological polar surface area (TPSA) is 98.1 Å². The molecule has 0 spiro atoms. The number of aromatic amines is 1. The summed E-state index contributed by atoms with van der Waals surface area (Å²) < 4.78 is 1.89. The third-order valence-corrected chi connectivity index (χ3v) is 9.98. The summed E-state index contributed by atoms with van der Waals surface area (Å²) in [5, 5.41) is 3.39. The predicted octanol–water partition coefficient (Wildman–Crippen LogP) is 9.76. The van der Waals surface area contributed by atoms with Crippen LogP contribution in [0, 0.1) is 0 Å². The van der Waals surface area contributed by atoms with Gasteiger partial charge in [0.25, 0.3) is 0 Å². The van der Waals surface area contributed by atoms with Crippen molar-refractivity contribution < 1.29 is 0 Å². The summed E-state index contributed by atoms with van der Waals surface area (Å²) in [5.41, 5.74) is 8.37. The maximum Gasteiger partial charge on any atom is 0.164 e. The van der Waals surface area contributed by atoms with Crippen LogP contribution in [0.1, 0.15) is 16.7 Å². The normalized spacial score (nSPS) is 12.1. The van der Waals surface area contributed by atoms with Crippen LogP contribution in [0.5, 0.6) is 0 Å². The molecule has 2 aliphatic rings. The van der Waals surface area contributed by atoms with E-state index in [0.717, 1.165) is 60.5 Å². The van der Waals surface area contributed by atoms with Crippen molar-refractivity contribution in [3.05, 3.63) is 95.6 Å². The van der Waals surface area contributed by atoms with Gasteiger partial charge in [-0.1, -0.05) is 72.8 Å². The number of hydrogen-bond acceptors (Lipinski definition) is 6. The molecule has 0 atom stereocenters. The number of aromatic nitrogens is 8. The fourth-order valence-electron chi connectivity index (χ4n) is 6.70. The molecule has 234 valence electrons. The van der Waals surface area contributed by atoms with Gasteiger partial charge in [0.2, 0.25) is 0 Å². The van der Waals surface area contributed by atoms with Crippen LogP contribution in [-0.2, 0) is 23.6 Å². The highest BCUT2D eigenvalue weighted by Crippen LogP contribution is 2.39. The van der Waals surface area contributed by atoms with Crippen LogP contribution in [0.4, 0.5) is 0 Å². The summed E-state index contributed by atoms with van der Waals surface area (Å²) in [4.78, 5) is 34.0. The Morgan fingerprint density at radius 1 is 0.500 bits per heavy atom. The van der Waals surface area contributed by atoms with E-state index in [-0.39, 0.29) is 23.6 Å². The first kappa shape index (κ1) is 29.5. The Labute approximate surface area is 293 Å². The average molecular weight is 708 g/mol. The third kappa shape index (κ3) is 4.37. The zero-order valence-corrected chi connectivity index (χ0v) is 28.0. The molecule has 0 fully saturated rings. The van der Waals surface area contributed by atoms with Gasteiger partial charge in [-0.05, 0) is 22.8 Å². The van der Waals surface area contributed by atoms with E-state index < -0.39 is 0 Å². The van der Waals surface area contributed by atoms with Gasteiger partial charge in [-0.25, -0.2) is 29.9 Å². The molecule has 0 saturated carbocycles. The maximum atomic E-state index is 6.67. The molecule has 0 unspecified atom stereocenters. The zero-order valence-electron chi connectivity index (χ0n) is 25.0. The quantitative estimate of drug-likeness (QED) is 0.183. The molecular formula is C36H22Cl4N8. The van der Waals surface area contributed by atoms with Gasteiger partial charge in [0.05, 0.1) is 0 Å². The summed E-state index contributed by atoms with van der Waals surface area (Å²) in [6.45, 7) is 0. The number of rotatable bonds is 4. The second-order valence-electron chi connectivity index (χ2n) is 11.4. The Morgan fingerprint density at radius 3 is 1.46 bits per heavy atom. The van der Waals surface area contributed by atoms with E-state index in [9.17, 15) is 0 Å². The molecular weight excluding hydrogens is 686 g/mol. The molecule has 0 radical (unpaired) electrons. The van der Waals surface area contributed by atoms with Gasteiger partial charge in [0.15, 0.2) is 23.3 Å². The predicted molar refractivity (Wildman–Crippen MR) is 194 cm³/mol. The first-order chi connectivity index (χ1) is 23.6. The van der Waals surface area contributed by atoms with Crippen LogP contribution in [0.3, 0.4) is 0 Å². The average Bonchev–Trinajstić information content (AvgIpc) is 3.84. The molecule has 8 bridgehead atoms. The monoisotopic (exact) mass is 706 g/mol. The van der Waals surface area contributed by atoms with Crippen LogP contribution < -0.4 is 0 Å². The highest BCUT2D eigenvalue weighted by Gasteiger charge is 2.24. The number of fused-ring (bicyclic) bond motifs is 20. The lowest BCUT2D eigenvalue weighted by Crippen LogP contribution is -1.96. The van der Waals surface area contributed by atoms with Gasteiger partial charge in [0.1, 0.15) is 28.6 Å². The third-order valence-electron chi connectivity index (χ3n) is 8.92. The van der Waals surface area contributed by atoms with E-state index in [1.807, 2.05) is 83.4 Å². The van der Waals surface area contributed by atoms with Crippen LogP contribution in [0.25, 0.3) is 89.7 Å². The summed E-state index contributed by atoms with van der Waals surface area (Å²) in [6.07, 6.45) is 0. The van der Waals surface area contributed by atoms with Crippen LogP contribution in [0.2, 0.25) is 0 Å². The minimum absolute atomic E-state index is 0.111. The van der Waals surface area contributed by atoms with Gasteiger partial charge in [-0.2, -0.15) is 0 Å². The number of alkyl halides is 4. The van der Waals surface area contributed by atoms with Gasteiger partial charge in [-0.3, -0.25) is 4.57 Å². The summed E-state index contributed by atoms with van der Waals surface area (Å²) in [5.74, 6) is 2.74. The van der Waals surface area contributed by atoms with Gasteiger partial charge < -0.3 is 4.98 Å². The molecule has 48 heavy (non-hydrogen) atoms. The van der Waals surface area contributed by atoms with Crippen LogP contribution in [-0.4, -0.2) is 39.5 Å². The number of hydrogen-bond donors (Lipinski definition) is 1. The van der Waals surface area contributed by atoms with Crippen molar-refractivity contribution in [1.82, 2.24) is 39.5 Å². The van der Waals surface area contributed by atoms with Gasteiger partial charge >= 0.3 is 0 Å². The van der Waals surface area contributed by atoms with E-state index in [2.05, 4.69) is 4.98 Å². The Morgan fingerprint density at radius 2 is 0.979 bits per heavy atom. The molecule has 7 aromatic rings. The molecule has 0 aliphatic carbocycles. The Bertz CT molecular complexity index is 2650. The maximum absolute atomic E-state index is 6.67. The number of H-pyrrole nitrogens is 1. The van der Waals surface area contributed by atoms with E-state index >= 15 is 0 Å². The van der Waals surface area contributed by atoms with Crippen molar-refractivity contribution in [1.29, 1.82) is 0 Å². The van der Waals surface area contributed by atoms with Gasteiger partial charge in [-0.15, -0.1) is 46.4 Å². The van der Waals surface area contributed by atoms with Crippen LogP contribution in [0.15, 0.2) is 78.9 Å². The molecule has 4 aromatic carbocycles. The standard InChI is InChI=1S/C36H22Cl4N8/c37-14-18-13-25-28(27(16-39)26(18)15-38)34-44-30-20-8-2-4-10-22(20)32(42-30)47-36-24-12-6-5-11-23(24)35(48(36)17-40)46-31-21-9-3-1-7-19(21)29(41-31)43-33(25)45-34/h1-13H,14-17H2,(H,41,42,43,44,45,46,47). The van der Waals surface area contributed by atoms with Crippen molar-refractivity contribution in [2.24, 2.45) is 0 Å². The molecule has 2 aliphatic heterocycles. The molecule has 0 amide bonds. The van der Waals surface area contributed by atoms with E-state index in [1.54, 1.807) is 0 Å².